The van der Waals surface area contributed by atoms with Gasteiger partial charge in [-0.05, 0) is 13.3 Å². The molecule has 5 nitrogen and oxygen atoms in total. The van der Waals surface area contributed by atoms with E-state index in [-0.39, 0.29) is 18.5 Å². The minimum Gasteiger partial charge on any atom is -0.480 e. The number of likely N-dealkylation sites (N-methyl/N-ethyl adjacent to an activating group) is 1. The summed E-state index contributed by atoms with van der Waals surface area (Å²) in [6.45, 7) is 1.56. The molecule has 0 spiro atoms. The van der Waals surface area contributed by atoms with Crippen molar-refractivity contribution in [3.05, 3.63) is 0 Å². The molecular weight excluding hydrogens is 172 g/mol. The third-order valence-corrected chi connectivity index (χ3v) is 1.61. The molecule has 0 rings (SSSR count). The molecule has 1 atom stereocenters. The molecule has 13 heavy (non-hydrogen) atoms. The highest BCUT2D eigenvalue weighted by molar-refractivity contribution is 5.80. The summed E-state index contributed by atoms with van der Waals surface area (Å²) >= 11 is 0. The van der Waals surface area contributed by atoms with E-state index in [1.165, 1.54) is 11.9 Å². The van der Waals surface area contributed by atoms with Crippen LogP contribution in [0.5, 0.6) is 0 Å². The molecule has 0 saturated heterocycles. The Hall–Kier alpha value is -1.10. The van der Waals surface area contributed by atoms with Gasteiger partial charge in [-0.1, -0.05) is 0 Å². The summed E-state index contributed by atoms with van der Waals surface area (Å²) in [6.07, 6.45) is 0.893. The van der Waals surface area contributed by atoms with Crippen LogP contribution in [0, 0.1) is 0 Å². The van der Waals surface area contributed by atoms with Crippen LogP contribution in [0.1, 0.15) is 19.8 Å². The standard InChI is InChI=1S/C8H16N2O3/c1-6(9)3-4-7(11)10(2)5-8(12)13/h6H,3-5,9H2,1-2H3,(H,12,13). The van der Waals surface area contributed by atoms with Crippen LogP contribution in [0.15, 0.2) is 0 Å². The van der Waals surface area contributed by atoms with Gasteiger partial charge in [0.15, 0.2) is 0 Å². The molecular formula is C8H16N2O3. The van der Waals surface area contributed by atoms with Gasteiger partial charge in [0.25, 0.3) is 0 Å². The second-order valence-electron chi connectivity index (χ2n) is 3.16. The monoisotopic (exact) mass is 188 g/mol. The summed E-state index contributed by atoms with van der Waals surface area (Å²) < 4.78 is 0. The van der Waals surface area contributed by atoms with Crippen LogP contribution < -0.4 is 5.73 Å². The first-order valence-electron chi connectivity index (χ1n) is 4.14. The molecule has 1 amide bonds. The highest BCUT2D eigenvalue weighted by Gasteiger charge is 2.11. The van der Waals surface area contributed by atoms with Crippen molar-refractivity contribution in [3.63, 3.8) is 0 Å². The van der Waals surface area contributed by atoms with Gasteiger partial charge >= 0.3 is 5.97 Å². The largest absolute Gasteiger partial charge is 0.480 e. The lowest BCUT2D eigenvalue weighted by atomic mass is 10.2. The number of nitrogens with two attached hydrogens (primary N) is 1. The molecule has 0 fully saturated rings. The number of nitrogens with zero attached hydrogens (tertiary/aromatic N) is 1. The zero-order valence-corrected chi connectivity index (χ0v) is 7.99. The van der Waals surface area contributed by atoms with Gasteiger partial charge in [0.1, 0.15) is 6.54 Å². The number of carboxylic acids is 1. The third-order valence-electron chi connectivity index (χ3n) is 1.61. The van der Waals surface area contributed by atoms with Crippen molar-refractivity contribution >= 4 is 11.9 Å². The Labute approximate surface area is 77.5 Å². The molecule has 0 radical (unpaired) electrons. The molecule has 5 heteroatoms. The number of carbonyl (C=O) groups excluding carboxylic acids is 1. The van der Waals surface area contributed by atoms with Crippen molar-refractivity contribution in [1.29, 1.82) is 0 Å². The molecule has 0 heterocycles. The number of carbonyl (C=O) groups is 2. The first kappa shape index (κ1) is 11.9. The maximum Gasteiger partial charge on any atom is 0.323 e. The van der Waals surface area contributed by atoms with Crippen molar-refractivity contribution in [3.8, 4) is 0 Å². The van der Waals surface area contributed by atoms with E-state index in [2.05, 4.69) is 0 Å². The number of hydrogen-bond donors (Lipinski definition) is 2. The van der Waals surface area contributed by atoms with E-state index in [4.69, 9.17) is 10.8 Å². The highest BCUT2D eigenvalue weighted by Crippen LogP contribution is 1.97. The van der Waals surface area contributed by atoms with Gasteiger partial charge in [0.2, 0.25) is 5.91 Å². The van der Waals surface area contributed by atoms with Crippen molar-refractivity contribution in [2.24, 2.45) is 5.73 Å². The quantitative estimate of drug-likeness (QED) is 0.618. The third kappa shape index (κ3) is 6.10. The summed E-state index contributed by atoms with van der Waals surface area (Å²) in [5, 5.41) is 8.39. The Bertz CT molecular complexity index is 192. The molecule has 0 aromatic heterocycles. The predicted octanol–water partition coefficient (Wildman–Crippen LogP) is -0.343. The summed E-state index contributed by atoms with van der Waals surface area (Å²) in [4.78, 5) is 22.6. The molecule has 0 aliphatic rings. The van der Waals surface area contributed by atoms with Crippen LogP contribution in [0.25, 0.3) is 0 Å². The van der Waals surface area contributed by atoms with Gasteiger partial charge in [0, 0.05) is 19.5 Å². The molecule has 0 saturated carbocycles. The Kier molecular flexibility index (Phi) is 5.06. The van der Waals surface area contributed by atoms with Crippen LogP contribution in [0.3, 0.4) is 0 Å². The van der Waals surface area contributed by atoms with Crippen LogP contribution >= 0.6 is 0 Å². The molecule has 0 aliphatic carbocycles. The van der Waals surface area contributed by atoms with Gasteiger partial charge in [-0.25, -0.2) is 0 Å². The zero-order chi connectivity index (χ0) is 10.4. The number of hydrogen-bond acceptors (Lipinski definition) is 3. The van der Waals surface area contributed by atoms with Gasteiger partial charge in [0.05, 0.1) is 0 Å². The summed E-state index contributed by atoms with van der Waals surface area (Å²) in [5.41, 5.74) is 5.46. The molecule has 0 bridgehead atoms. The molecule has 0 aromatic rings. The molecule has 76 valence electrons. The molecule has 0 aliphatic heterocycles. The molecule has 3 N–H and O–H groups in total. The lowest BCUT2D eigenvalue weighted by Gasteiger charge is -2.14. The van der Waals surface area contributed by atoms with Crippen molar-refractivity contribution < 1.29 is 14.7 Å². The number of carboxylic acid groups (broad SMARTS) is 1. The van der Waals surface area contributed by atoms with E-state index in [1.807, 2.05) is 6.92 Å². The number of rotatable bonds is 5. The summed E-state index contributed by atoms with van der Waals surface area (Å²) in [6, 6.07) is -0.0258. The van der Waals surface area contributed by atoms with Crippen LogP contribution in [0.2, 0.25) is 0 Å². The zero-order valence-electron chi connectivity index (χ0n) is 7.99. The fraction of sp³-hybridized carbons (Fsp3) is 0.750. The van der Waals surface area contributed by atoms with Crippen molar-refractivity contribution in [2.45, 2.75) is 25.8 Å². The average Bonchev–Trinajstić information content (AvgIpc) is 1.98. The molecule has 1 unspecified atom stereocenters. The second kappa shape index (κ2) is 5.53. The molecule has 0 aromatic carbocycles. The van der Waals surface area contributed by atoms with Crippen LogP contribution in [0.4, 0.5) is 0 Å². The maximum absolute atomic E-state index is 11.2. The second-order valence-corrected chi connectivity index (χ2v) is 3.16. The van der Waals surface area contributed by atoms with E-state index in [9.17, 15) is 9.59 Å². The Morgan fingerprint density at radius 3 is 2.46 bits per heavy atom. The van der Waals surface area contributed by atoms with Gasteiger partial charge < -0.3 is 15.7 Å². The van der Waals surface area contributed by atoms with E-state index in [0.29, 0.717) is 12.8 Å². The number of amides is 1. The fourth-order valence-electron chi connectivity index (χ4n) is 0.833. The van der Waals surface area contributed by atoms with Crippen LogP contribution in [-0.2, 0) is 9.59 Å². The van der Waals surface area contributed by atoms with Gasteiger partial charge in [-0.3, -0.25) is 9.59 Å². The Morgan fingerprint density at radius 2 is 2.08 bits per heavy atom. The maximum atomic E-state index is 11.2. The summed E-state index contributed by atoms with van der Waals surface area (Å²) in [7, 11) is 1.47. The SMILES string of the molecule is CC(N)CCC(=O)N(C)CC(=O)O. The Balaban J connectivity index is 3.76. The van der Waals surface area contributed by atoms with E-state index in [0.717, 1.165) is 0 Å². The van der Waals surface area contributed by atoms with Crippen molar-refractivity contribution in [2.75, 3.05) is 13.6 Å². The summed E-state index contributed by atoms with van der Waals surface area (Å²) in [5.74, 6) is -1.18. The number of aliphatic carboxylic acids is 1. The normalized spacial score (nSPS) is 12.2. The van der Waals surface area contributed by atoms with Crippen molar-refractivity contribution in [1.82, 2.24) is 4.90 Å². The minimum atomic E-state index is -1.00. The van der Waals surface area contributed by atoms with Gasteiger partial charge in [-0.2, -0.15) is 0 Å². The Morgan fingerprint density at radius 1 is 1.54 bits per heavy atom. The lowest BCUT2D eigenvalue weighted by molar-refractivity contribution is -0.143. The van der Waals surface area contributed by atoms with E-state index >= 15 is 0 Å². The highest BCUT2D eigenvalue weighted by atomic mass is 16.4. The topological polar surface area (TPSA) is 83.6 Å². The minimum absolute atomic E-state index is 0.0258. The predicted molar refractivity (Wildman–Crippen MR) is 48.2 cm³/mol. The first-order valence-corrected chi connectivity index (χ1v) is 4.14. The fourth-order valence-corrected chi connectivity index (χ4v) is 0.833. The average molecular weight is 188 g/mol. The van der Waals surface area contributed by atoms with Crippen LogP contribution in [-0.4, -0.2) is 41.5 Å². The lowest BCUT2D eigenvalue weighted by Crippen LogP contribution is -2.32. The van der Waals surface area contributed by atoms with E-state index in [1.54, 1.807) is 0 Å². The van der Waals surface area contributed by atoms with E-state index < -0.39 is 5.97 Å². The smallest absolute Gasteiger partial charge is 0.323 e. The van der Waals surface area contributed by atoms with Gasteiger partial charge in [-0.15, -0.1) is 0 Å². The first-order chi connectivity index (χ1) is 5.93.